The molecule has 1 rings (SSSR count). The fourth-order valence-electron chi connectivity index (χ4n) is 2.75. The Morgan fingerprint density at radius 3 is 2.17 bits per heavy atom. The maximum atomic E-state index is 12.8. The Balaban J connectivity index is 2.72. The molecule has 9 heteroatoms. The summed E-state index contributed by atoms with van der Waals surface area (Å²) >= 11 is 9.04. The summed E-state index contributed by atoms with van der Waals surface area (Å²) in [6.07, 6.45) is 6.43. The zero-order valence-electron chi connectivity index (χ0n) is 14.9. The molecule has 1 atom stereocenters. The Labute approximate surface area is 160 Å². The average molecular weight is 432 g/mol. The van der Waals surface area contributed by atoms with Gasteiger partial charge in [0.15, 0.2) is 0 Å². The highest BCUT2D eigenvalue weighted by Crippen LogP contribution is 2.73. The van der Waals surface area contributed by atoms with Gasteiger partial charge < -0.3 is 0 Å². The molecule has 1 fully saturated rings. The van der Waals surface area contributed by atoms with E-state index in [9.17, 15) is 13.2 Å². The summed E-state index contributed by atoms with van der Waals surface area (Å²) in [5.41, 5.74) is -0.507. The SMILES string of the molecule is CCCCCCCCN1C(=O)C(P(=S)(SCC)SCC)CS1(=O)=O. The van der Waals surface area contributed by atoms with Gasteiger partial charge in [-0.2, -0.15) is 0 Å². The topological polar surface area (TPSA) is 54.5 Å². The van der Waals surface area contributed by atoms with Crippen LogP contribution in [0.4, 0.5) is 0 Å². The van der Waals surface area contributed by atoms with Crippen LogP contribution in [0, 0.1) is 0 Å². The molecule has 4 nitrogen and oxygen atoms in total. The third kappa shape index (κ3) is 6.19. The first-order valence-electron chi connectivity index (χ1n) is 8.75. The fourth-order valence-corrected chi connectivity index (χ4v) is 17.6. The molecular formula is C15H30NO3PS4. The van der Waals surface area contributed by atoms with E-state index >= 15 is 0 Å². The quantitative estimate of drug-likeness (QED) is 0.330. The molecule has 1 saturated heterocycles. The van der Waals surface area contributed by atoms with Crippen molar-refractivity contribution in [3.8, 4) is 0 Å². The van der Waals surface area contributed by atoms with E-state index in [1.54, 1.807) is 22.8 Å². The van der Waals surface area contributed by atoms with Crippen molar-refractivity contribution in [2.75, 3.05) is 23.8 Å². The summed E-state index contributed by atoms with van der Waals surface area (Å²) in [6.45, 7) is 6.53. The van der Waals surface area contributed by atoms with Crippen molar-refractivity contribution in [1.29, 1.82) is 0 Å². The van der Waals surface area contributed by atoms with Crippen molar-refractivity contribution >= 4 is 54.9 Å². The number of rotatable bonds is 12. The van der Waals surface area contributed by atoms with Gasteiger partial charge in [0.25, 0.3) is 0 Å². The summed E-state index contributed by atoms with van der Waals surface area (Å²) < 4.78 is 24.0. The molecule has 1 amide bonds. The number of hydrogen-bond donors (Lipinski definition) is 0. The third-order valence-corrected chi connectivity index (χ3v) is 18.2. The largest absolute Gasteiger partial charge is 0.273 e. The van der Waals surface area contributed by atoms with Crippen molar-refractivity contribution in [1.82, 2.24) is 4.31 Å². The lowest BCUT2D eigenvalue weighted by Crippen LogP contribution is -2.32. The summed E-state index contributed by atoms with van der Waals surface area (Å²) in [5, 5.41) is 0. The smallest absolute Gasteiger partial charge is 0.246 e. The highest BCUT2D eigenvalue weighted by Gasteiger charge is 2.49. The molecule has 0 spiro atoms. The number of nitrogens with zero attached hydrogens (tertiary/aromatic N) is 1. The Kier molecular flexibility index (Phi) is 10.3. The van der Waals surface area contributed by atoms with Crippen molar-refractivity contribution in [3.05, 3.63) is 0 Å². The molecule has 0 aromatic carbocycles. The molecule has 24 heavy (non-hydrogen) atoms. The van der Waals surface area contributed by atoms with Gasteiger partial charge in [-0.25, -0.2) is 12.7 Å². The standard InChI is InChI=1S/C15H30NO3PS4/c1-4-7-8-9-10-11-12-16-15(17)14(13-24(16,18)19)20(21,22-5-2)23-6-3/h14H,4-13H2,1-3H3. The third-order valence-electron chi connectivity index (χ3n) is 3.95. The number of unbranched alkanes of at least 4 members (excludes halogenated alkanes) is 5. The Hall–Kier alpha value is 0.770. The predicted molar refractivity (Wildman–Crippen MR) is 113 cm³/mol. The van der Waals surface area contributed by atoms with Gasteiger partial charge >= 0.3 is 0 Å². The summed E-state index contributed by atoms with van der Waals surface area (Å²) in [6, 6.07) is 0. The molecule has 0 radical (unpaired) electrons. The van der Waals surface area contributed by atoms with Crippen molar-refractivity contribution < 1.29 is 13.2 Å². The Morgan fingerprint density at radius 1 is 1.08 bits per heavy atom. The van der Waals surface area contributed by atoms with Crippen LogP contribution >= 0.6 is 27.2 Å². The van der Waals surface area contributed by atoms with Crippen LogP contribution in [0.2, 0.25) is 0 Å². The number of carbonyl (C=O) groups is 1. The van der Waals surface area contributed by atoms with Gasteiger partial charge in [-0.1, -0.05) is 64.7 Å². The molecule has 1 heterocycles. The number of sulfonamides is 1. The predicted octanol–water partition coefficient (Wildman–Crippen LogP) is 4.70. The first kappa shape index (κ1) is 22.8. The second-order valence-electron chi connectivity index (χ2n) is 5.85. The highest BCUT2D eigenvalue weighted by molar-refractivity contribution is 9.00. The summed E-state index contributed by atoms with van der Waals surface area (Å²) in [7, 11) is -3.48. The molecule has 0 N–H and O–H groups in total. The Bertz CT molecular complexity index is 543. The van der Waals surface area contributed by atoms with Crippen LogP contribution in [0.1, 0.15) is 59.3 Å². The lowest BCUT2D eigenvalue weighted by atomic mass is 10.1. The molecule has 0 bridgehead atoms. The van der Waals surface area contributed by atoms with Gasteiger partial charge in [0.05, 0.1) is 10.2 Å². The minimum absolute atomic E-state index is 0.0844. The minimum Gasteiger partial charge on any atom is -0.273 e. The van der Waals surface area contributed by atoms with Crippen LogP contribution in [0.15, 0.2) is 0 Å². The van der Waals surface area contributed by atoms with Crippen LogP contribution < -0.4 is 0 Å². The van der Waals surface area contributed by atoms with Gasteiger partial charge in [0, 0.05) is 6.54 Å². The van der Waals surface area contributed by atoms with E-state index in [2.05, 4.69) is 6.92 Å². The van der Waals surface area contributed by atoms with E-state index in [1.807, 2.05) is 13.8 Å². The molecule has 0 aromatic rings. The Morgan fingerprint density at radius 2 is 1.62 bits per heavy atom. The van der Waals surface area contributed by atoms with E-state index in [-0.39, 0.29) is 11.7 Å². The molecule has 0 aliphatic carbocycles. The van der Waals surface area contributed by atoms with Gasteiger partial charge in [-0.05, 0) is 17.9 Å². The first-order chi connectivity index (χ1) is 11.3. The van der Waals surface area contributed by atoms with Gasteiger partial charge in [-0.15, -0.1) is 22.8 Å². The normalized spacial score (nSPS) is 20.7. The van der Waals surface area contributed by atoms with E-state index in [0.717, 1.165) is 35.1 Å². The molecular weight excluding hydrogens is 401 g/mol. The number of hydrogen-bond acceptors (Lipinski definition) is 6. The van der Waals surface area contributed by atoms with Crippen LogP contribution in [-0.2, 0) is 26.6 Å². The molecule has 142 valence electrons. The molecule has 0 aromatic heterocycles. The van der Waals surface area contributed by atoms with Crippen LogP contribution in [-0.4, -0.2) is 48.1 Å². The maximum absolute atomic E-state index is 12.8. The van der Waals surface area contributed by atoms with E-state index in [1.165, 1.54) is 19.3 Å². The molecule has 1 aliphatic rings. The van der Waals surface area contributed by atoms with E-state index < -0.39 is 20.1 Å². The summed E-state index contributed by atoms with van der Waals surface area (Å²) in [5.74, 6) is 1.32. The average Bonchev–Trinajstić information content (AvgIpc) is 2.74. The van der Waals surface area contributed by atoms with Crippen molar-refractivity contribution in [2.45, 2.75) is 65.0 Å². The second-order valence-corrected chi connectivity index (χ2v) is 20.0. The van der Waals surface area contributed by atoms with Crippen molar-refractivity contribution in [3.63, 3.8) is 0 Å². The van der Waals surface area contributed by atoms with Gasteiger partial charge in [0.2, 0.25) is 15.9 Å². The minimum atomic E-state index is -3.48. The first-order valence-corrected chi connectivity index (χ1v) is 16.4. The maximum Gasteiger partial charge on any atom is 0.246 e. The lowest BCUT2D eigenvalue weighted by Gasteiger charge is -2.24. The molecule has 1 aliphatic heterocycles. The van der Waals surface area contributed by atoms with Gasteiger partial charge in [0.1, 0.15) is 5.66 Å². The zero-order valence-corrected chi connectivity index (χ0v) is 19.1. The highest BCUT2D eigenvalue weighted by atomic mass is 33.2. The zero-order chi connectivity index (χ0) is 18.2. The van der Waals surface area contributed by atoms with Crippen LogP contribution in [0.3, 0.4) is 0 Å². The molecule has 1 unspecified atom stereocenters. The van der Waals surface area contributed by atoms with E-state index in [0.29, 0.717) is 6.54 Å². The van der Waals surface area contributed by atoms with Gasteiger partial charge in [-0.3, -0.25) is 4.79 Å². The lowest BCUT2D eigenvalue weighted by molar-refractivity contribution is -0.124. The fraction of sp³-hybridized carbons (Fsp3) is 0.933. The van der Waals surface area contributed by atoms with Crippen LogP contribution in [0.25, 0.3) is 0 Å². The van der Waals surface area contributed by atoms with Crippen molar-refractivity contribution in [2.24, 2.45) is 0 Å². The number of carbonyl (C=O) groups excluding carboxylic acids is 1. The second kappa shape index (κ2) is 10.8. The summed E-state index contributed by atoms with van der Waals surface area (Å²) in [4.78, 5) is 12.8. The molecule has 0 saturated carbocycles. The monoisotopic (exact) mass is 431 g/mol. The van der Waals surface area contributed by atoms with E-state index in [4.69, 9.17) is 11.8 Å². The van der Waals surface area contributed by atoms with Crippen LogP contribution in [0.5, 0.6) is 0 Å². The number of amides is 1.